The molecule has 1 rings (SSSR count). The van der Waals surface area contributed by atoms with Gasteiger partial charge in [-0.05, 0) is 6.07 Å². The number of hydrogen-bond acceptors (Lipinski definition) is 5. The van der Waals surface area contributed by atoms with E-state index in [4.69, 9.17) is 15.9 Å². The molecule has 0 unspecified atom stereocenters. The maximum atomic E-state index is 10.5. The van der Waals surface area contributed by atoms with Crippen LogP contribution in [0.3, 0.4) is 0 Å². The van der Waals surface area contributed by atoms with E-state index in [1.807, 2.05) is 0 Å². The van der Waals surface area contributed by atoms with E-state index >= 15 is 0 Å². The van der Waals surface area contributed by atoms with Crippen LogP contribution in [0.15, 0.2) is 12.1 Å². The fourth-order valence-corrected chi connectivity index (χ4v) is 0.904. The van der Waals surface area contributed by atoms with Crippen molar-refractivity contribution in [1.82, 2.24) is 0 Å². The van der Waals surface area contributed by atoms with E-state index in [1.165, 1.54) is 0 Å². The van der Waals surface area contributed by atoms with Crippen LogP contribution in [-0.4, -0.2) is 21.1 Å². The average Bonchev–Trinajstić information content (AvgIpc) is 2.08. The van der Waals surface area contributed by atoms with Crippen LogP contribution in [0.2, 0.25) is 0 Å². The van der Waals surface area contributed by atoms with Crippen LogP contribution in [-0.2, 0) is 0 Å². The largest absolute Gasteiger partial charge is 0.501 e. The van der Waals surface area contributed by atoms with E-state index in [-0.39, 0.29) is 11.3 Å². The minimum absolute atomic E-state index is 0.336. The quantitative estimate of drug-likeness (QED) is 0.276. The molecule has 0 saturated heterocycles. The maximum Gasteiger partial charge on any atom is 0.336 e. The van der Waals surface area contributed by atoms with Crippen molar-refractivity contribution in [2.24, 2.45) is 0 Å². The van der Waals surface area contributed by atoms with Crippen molar-refractivity contribution in [2.45, 2.75) is 0 Å². The number of nitro benzene ring substituents is 1. The number of carboxylic acid groups (broad SMARTS) is 1. The molecular formula is C7H6N2O5. The van der Waals surface area contributed by atoms with Crippen LogP contribution < -0.4 is 5.73 Å². The molecule has 0 aromatic heterocycles. The highest BCUT2D eigenvalue weighted by molar-refractivity contribution is 5.91. The molecule has 0 aliphatic heterocycles. The Kier molecular flexibility index (Phi) is 2.24. The molecule has 1 aromatic rings. The third kappa shape index (κ3) is 1.56. The molecule has 0 heterocycles. The Morgan fingerprint density at radius 1 is 1.50 bits per heavy atom. The van der Waals surface area contributed by atoms with Crippen molar-refractivity contribution in [3.8, 4) is 5.75 Å². The highest BCUT2D eigenvalue weighted by Crippen LogP contribution is 2.32. The summed E-state index contributed by atoms with van der Waals surface area (Å²) in [6, 6.07) is 1.69. The summed E-state index contributed by atoms with van der Waals surface area (Å²) in [5, 5.41) is 28.0. The number of aromatic carboxylic acids is 1. The van der Waals surface area contributed by atoms with Gasteiger partial charge in [0.15, 0.2) is 0 Å². The molecule has 4 N–H and O–H groups in total. The van der Waals surface area contributed by atoms with Gasteiger partial charge in [0.1, 0.15) is 0 Å². The van der Waals surface area contributed by atoms with E-state index < -0.39 is 22.3 Å². The number of nitrogens with zero attached hydrogens (tertiary/aromatic N) is 1. The lowest BCUT2D eigenvalue weighted by Gasteiger charge is -2.01. The molecule has 7 nitrogen and oxygen atoms in total. The molecule has 0 aliphatic rings. The predicted molar refractivity (Wildman–Crippen MR) is 46.1 cm³/mol. The van der Waals surface area contributed by atoms with Crippen molar-refractivity contribution in [3.63, 3.8) is 0 Å². The number of rotatable bonds is 2. The number of phenolic OH excluding ortho intramolecular Hbond substituents is 1. The fraction of sp³-hybridized carbons (Fsp3) is 0. The molecule has 1 aromatic carbocycles. The molecule has 0 amide bonds. The first kappa shape index (κ1) is 9.78. The van der Waals surface area contributed by atoms with Gasteiger partial charge in [0, 0.05) is 6.07 Å². The minimum Gasteiger partial charge on any atom is -0.501 e. The third-order valence-electron chi connectivity index (χ3n) is 1.56. The van der Waals surface area contributed by atoms with Crippen LogP contribution in [0.1, 0.15) is 10.4 Å². The van der Waals surface area contributed by atoms with Crippen LogP contribution in [0, 0.1) is 10.1 Å². The maximum absolute atomic E-state index is 10.5. The number of aromatic hydroxyl groups is 1. The van der Waals surface area contributed by atoms with E-state index in [1.54, 1.807) is 0 Å². The first-order valence-electron chi connectivity index (χ1n) is 3.43. The topological polar surface area (TPSA) is 127 Å². The summed E-state index contributed by atoms with van der Waals surface area (Å²) < 4.78 is 0. The number of carbonyl (C=O) groups is 1. The van der Waals surface area contributed by atoms with Gasteiger partial charge in [0.25, 0.3) is 0 Å². The highest BCUT2D eigenvalue weighted by Gasteiger charge is 2.19. The van der Waals surface area contributed by atoms with Gasteiger partial charge in [-0.25, -0.2) is 4.79 Å². The standard InChI is InChI=1S/C7H6N2O5/c8-4-1-3(7(11)12)2-5(6(4)10)9(13)14/h1-2,10H,8H2,(H,11,12). The van der Waals surface area contributed by atoms with Crippen molar-refractivity contribution in [1.29, 1.82) is 0 Å². The first-order chi connectivity index (χ1) is 6.43. The lowest BCUT2D eigenvalue weighted by Crippen LogP contribution is -2.01. The van der Waals surface area contributed by atoms with Crippen LogP contribution in [0.5, 0.6) is 5.75 Å². The normalized spacial score (nSPS) is 9.71. The van der Waals surface area contributed by atoms with Crippen LogP contribution >= 0.6 is 0 Å². The smallest absolute Gasteiger partial charge is 0.336 e. The number of nitro groups is 1. The molecule has 0 saturated carbocycles. The molecule has 0 bridgehead atoms. The molecule has 0 atom stereocenters. The summed E-state index contributed by atoms with van der Waals surface area (Å²) in [4.78, 5) is 19.9. The van der Waals surface area contributed by atoms with Gasteiger partial charge in [0.2, 0.25) is 5.75 Å². The second kappa shape index (κ2) is 3.21. The second-order valence-electron chi connectivity index (χ2n) is 2.50. The Morgan fingerprint density at radius 3 is 2.50 bits per heavy atom. The van der Waals surface area contributed by atoms with E-state index in [2.05, 4.69) is 0 Å². The second-order valence-corrected chi connectivity index (χ2v) is 2.50. The van der Waals surface area contributed by atoms with Gasteiger partial charge in [0.05, 0.1) is 16.2 Å². The number of phenols is 1. The average molecular weight is 198 g/mol. The molecule has 74 valence electrons. The Morgan fingerprint density at radius 2 is 2.07 bits per heavy atom. The summed E-state index contributed by atoms with van der Waals surface area (Å²) >= 11 is 0. The van der Waals surface area contributed by atoms with Crippen LogP contribution in [0.4, 0.5) is 11.4 Å². The predicted octanol–water partition coefficient (Wildman–Crippen LogP) is 0.581. The molecule has 0 fully saturated rings. The zero-order valence-electron chi connectivity index (χ0n) is 6.80. The first-order valence-corrected chi connectivity index (χ1v) is 3.43. The van der Waals surface area contributed by atoms with E-state index in [0.29, 0.717) is 0 Å². The summed E-state index contributed by atoms with van der Waals surface area (Å²) in [6.07, 6.45) is 0. The third-order valence-corrected chi connectivity index (χ3v) is 1.56. The van der Waals surface area contributed by atoms with E-state index in [9.17, 15) is 14.9 Å². The summed E-state index contributed by atoms with van der Waals surface area (Å²) in [5.74, 6) is -2.07. The number of nitrogen functional groups attached to an aromatic ring is 1. The summed E-state index contributed by atoms with van der Waals surface area (Å²) in [7, 11) is 0. The van der Waals surface area contributed by atoms with Gasteiger partial charge in [-0.3, -0.25) is 10.1 Å². The van der Waals surface area contributed by atoms with Crippen molar-refractivity contribution in [2.75, 3.05) is 5.73 Å². The van der Waals surface area contributed by atoms with Crippen molar-refractivity contribution < 1.29 is 19.9 Å². The fourth-order valence-electron chi connectivity index (χ4n) is 0.904. The molecular weight excluding hydrogens is 192 g/mol. The number of benzene rings is 1. The van der Waals surface area contributed by atoms with Crippen molar-refractivity contribution in [3.05, 3.63) is 27.8 Å². The summed E-state index contributed by atoms with van der Waals surface area (Å²) in [5.41, 5.74) is 3.78. The number of anilines is 1. The lowest BCUT2D eigenvalue weighted by molar-refractivity contribution is -0.385. The molecule has 0 radical (unpaired) electrons. The van der Waals surface area contributed by atoms with Crippen molar-refractivity contribution >= 4 is 17.3 Å². The minimum atomic E-state index is -1.35. The molecule has 14 heavy (non-hydrogen) atoms. The number of carboxylic acids is 1. The Balaban J connectivity index is 3.43. The van der Waals surface area contributed by atoms with Gasteiger partial charge >= 0.3 is 11.7 Å². The molecule has 7 heteroatoms. The number of hydrogen-bond donors (Lipinski definition) is 3. The Bertz CT molecular complexity index is 415. The SMILES string of the molecule is Nc1cc(C(=O)O)cc([N+](=O)[O-])c1O. The molecule has 0 spiro atoms. The van der Waals surface area contributed by atoms with Gasteiger partial charge < -0.3 is 15.9 Å². The lowest BCUT2D eigenvalue weighted by atomic mass is 10.1. The molecule has 0 aliphatic carbocycles. The van der Waals surface area contributed by atoms with E-state index in [0.717, 1.165) is 12.1 Å². The summed E-state index contributed by atoms with van der Waals surface area (Å²) in [6.45, 7) is 0. The van der Waals surface area contributed by atoms with Gasteiger partial charge in [-0.2, -0.15) is 0 Å². The van der Waals surface area contributed by atoms with Gasteiger partial charge in [-0.15, -0.1) is 0 Å². The van der Waals surface area contributed by atoms with Gasteiger partial charge in [-0.1, -0.05) is 0 Å². The monoisotopic (exact) mass is 198 g/mol. The van der Waals surface area contributed by atoms with Crippen LogP contribution in [0.25, 0.3) is 0 Å². The zero-order chi connectivity index (χ0) is 10.9. The highest BCUT2D eigenvalue weighted by atomic mass is 16.6. The zero-order valence-corrected chi connectivity index (χ0v) is 6.80. The Hall–Kier alpha value is -2.31. The number of nitrogens with two attached hydrogens (primary N) is 1. The Labute approximate surface area is 77.5 Å².